The Hall–Kier alpha value is -0.610. The lowest BCUT2D eigenvalue weighted by molar-refractivity contribution is -0.129. The second-order valence-corrected chi connectivity index (χ2v) is 6.31. The molecular formula is C13H26N2O2. The Labute approximate surface area is 104 Å². The van der Waals surface area contributed by atoms with Crippen molar-refractivity contribution in [2.45, 2.75) is 64.6 Å². The van der Waals surface area contributed by atoms with Gasteiger partial charge in [-0.15, -0.1) is 0 Å². The molecule has 1 fully saturated rings. The van der Waals surface area contributed by atoms with Gasteiger partial charge in [0.15, 0.2) is 0 Å². The molecule has 1 rings (SSSR count). The van der Waals surface area contributed by atoms with E-state index in [0.717, 1.165) is 19.4 Å². The van der Waals surface area contributed by atoms with Crippen LogP contribution >= 0.6 is 0 Å². The van der Waals surface area contributed by atoms with Gasteiger partial charge in [-0.3, -0.25) is 4.79 Å². The third kappa shape index (κ3) is 3.68. The van der Waals surface area contributed by atoms with Crippen molar-refractivity contribution >= 4 is 5.91 Å². The molecule has 0 radical (unpaired) electrons. The molecular weight excluding hydrogens is 216 g/mol. The van der Waals surface area contributed by atoms with E-state index >= 15 is 0 Å². The zero-order valence-corrected chi connectivity index (χ0v) is 11.6. The molecule has 0 aromatic heterocycles. The second kappa shape index (κ2) is 4.94. The molecule has 4 heteroatoms. The van der Waals surface area contributed by atoms with E-state index in [-0.39, 0.29) is 11.9 Å². The Kier molecular flexibility index (Phi) is 4.20. The van der Waals surface area contributed by atoms with Crippen LogP contribution in [0.3, 0.4) is 0 Å². The molecule has 0 saturated carbocycles. The fraction of sp³-hybridized carbons (Fsp3) is 0.923. The van der Waals surface area contributed by atoms with Gasteiger partial charge in [0.05, 0.1) is 17.2 Å². The maximum absolute atomic E-state index is 12.1. The lowest BCUT2D eigenvalue weighted by Gasteiger charge is -2.39. The van der Waals surface area contributed by atoms with Crippen molar-refractivity contribution in [3.8, 4) is 0 Å². The Morgan fingerprint density at radius 1 is 1.35 bits per heavy atom. The van der Waals surface area contributed by atoms with Gasteiger partial charge in [0.1, 0.15) is 0 Å². The smallest absolute Gasteiger partial charge is 0.237 e. The van der Waals surface area contributed by atoms with Crippen LogP contribution in [-0.4, -0.2) is 34.7 Å². The van der Waals surface area contributed by atoms with Crippen LogP contribution < -0.4 is 10.6 Å². The molecule has 1 amide bonds. The second-order valence-electron chi connectivity index (χ2n) is 6.31. The fourth-order valence-electron chi connectivity index (χ4n) is 1.86. The van der Waals surface area contributed by atoms with Crippen LogP contribution in [-0.2, 0) is 4.79 Å². The molecule has 2 unspecified atom stereocenters. The molecule has 1 aliphatic rings. The van der Waals surface area contributed by atoms with Crippen molar-refractivity contribution in [2.75, 3.05) is 6.54 Å². The summed E-state index contributed by atoms with van der Waals surface area (Å²) in [5.74, 6) is 0.570. The SMILES string of the molecule is CC1CCNC(C(=O)NC(C)(C)C(C)(C)O)C1. The maximum atomic E-state index is 12.1. The van der Waals surface area contributed by atoms with Crippen molar-refractivity contribution < 1.29 is 9.90 Å². The summed E-state index contributed by atoms with van der Waals surface area (Å²) in [6.07, 6.45) is 1.99. The van der Waals surface area contributed by atoms with Crippen molar-refractivity contribution in [3.63, 3.8) is 0 Å². The molecule has 1 heterocycles. The molecule has 1 saturated heterocycles. The highest BCUT2D eigenvalue weighted by atomic mass is 16.3. The van der Waals surface area contributed by atoms with Crippen LogP contribution in [0.25, 0.3) is 0 Å². The predicted molar refractivity (Wildman–Crippen MR) is 68.7 cm³/mol. The van der Waals surface area contributed by atoms with Crippen LogP contribution in [0, 0.1) is 5.92 Å². The first-order valence-electron chi connectivity index (χ1n) is 6.41. The van der Waals surface area contributed by atoms with E-state index in [1.54, 1.807) is 13.8 Å². The lowest BCUT2D eigenvalue weighted by atomic mass is 9.85. The largest absolute Gasteiger partial charge is 0.388 e. The molecule has 0 aromatic rings. The Morgan fingerprint density at radius 3 is 2.41 bits per heavy atom. The third-order valence-corrected chi connectivity index (χ3v) is 3.95. The first-order valence-corrected chi connectivity index (χ1v) is 6.41. The summed E-state index contributed by atoms with van der Waals surface area (Å²) in [4.78, 5) is 12.1. The molecule has 1 aliphatic heterocycles. The highest BCUT2D eigenvalue weighted by molar-refractivity contribution is 5.82. The number of rotatable bonds is 3. The molecule has 0 aliphatic carbocycles. The van der Waals surface area contributed by atoms with Crippen LogP contribution in [0.4, 0.5) is 0 Å². The summed E-state index contributed by atoms with van der Waals surface area (Å²) >= 11 is 0. The zero-order chi connectivity index (χ0) is 13.3. The van der Waals surface area contributed by atoms with Gasteiger partial charge in [0.25, 0.3) is 0 Å². The standard InChI is InChI=1S/C13H26N2O2/c1-9-6-7-14-10(8-9)11(16)15-12(2,3)13(4,5)17/h9-10,14,17H,6-8H2,1-5H3,(H,15,16). The molecule has 0 aromatic carbocycles. The van der Waals surface area contributed by atoms with E-state index < -0.39 is 11.1 Å². The molecule has 4 nitrogen and oxygen atoms in total. The van der Waals surface area contributed by atoms with Crippen molar-refractivity contribution in [1.29, 1.82) is 0 Å². The number of hydrogen-bond acceptors (Lipinski definition) is 3. The molecule has 3 N–H and O–H groups in total. The van der Waals surface area contributed by atoms with Crippen LogP contribution in [0.1, 0.15) is 47.5 Å². The van der Waals surface area contributed by atoms with Gasteiger partial charge in [0.2, 0.25) is 5.91 Å². The van der Waals surface area contributed by atoms with Gasteiger partial charge in [-0.1, -0.05) is 6.92 Å². The highest BCUT2D eigenvalue weighted by Gasteiger charge is 2.38. The maximum Gasteiger partial charge on any atom is 0.237 e. The summed E-state index contributed by atoms with van der Waals surface area (Å²) in [5, 5.41) is 16.2. The molecule has 0 spiro atoms. The lowest BCUT2D eigenvalue weighted by Crippen LogP contribution is -2.61. The van der Waals surface area contributed by atoms with Gasteiger partial charge in [-0.05, 0) is 53.0 Å². The fourth-order valence-corrected chi connectivity index (χ4v) is 1.86. The average molecular weight is 242 g/mol. The summed E-state index contributed by atoms with van der Waals surface area (Å²) in [6.45, 7) is 10.2. The number of hydrogen-bond donors (Lipinski definition) is 3. The van der Waals surface area contributed by atoms with Crippen LogP contribution in [0.5, 0.6) is 0 Å². The average Bonchev–Trinajstić information content (AvgIpc) is 2.15. The van der Waals surface area contributed by atoms with E-state index in [1.165, 1.54) is 0 Å². The Morgan fingerprint density at radius 2 is 1.94 bits per heavy atom. The minimum atomic E-state index is -0.942. The molecule has 2 atom stereocenters. The number of aliphatic hydroxyl groups is 1. The van der Waals surface area contributed by atoms with Gasteiger partial charge in [-0.2, -0.15) is 0 Å². The van der Waals surface area contributed by atoms with Gasteiger partial charge < -0.3 is 15.7 Å². The van der Waals surface area contributed by atoms with Crippen LogP contribution in [0.15, 0.2) is 0 Å². The van der Waals surface area contributed by atoms with Gasteiger partial charge in [-0.25, -0.2) is 0 Å². The van der Waals surface area contributed by atoms with E-state index in [2.05, 4.69) is 17.6 Å². The first kappa shape index (κ1) is 14.5. The number of carbonyl (C=O) groups excluding carboxylic acids is 1. The summed E-state index contributed by atoms with van der Waals surface area (Å²) in [7, 11) is 0. The minimum absolute atomic E-state index is 0.0105. The monoisotopic (exact) mass is 242 g/mol. The summed E-state index contributed by atoms with van der Waals surface area (Å²) < 4.78 is 0. The normalized spacial score (nSPS) is 26.7. The quantitative estimate of drug-likeness (QED) is 0.693. The van der Waals surface area contributed by atoms with Crippen LogP contribution in [0.2, 0.25) is 0 Å². The molecule has 100 valence electrons. The number of amides is 1. The molecule has 17 heavy (non-hydrogen) atoms. The van der Waals surface area contributed by atoms with E-state index in [1.807, 2.05) is 13.8 Å². The number of nitrogens with one attached hydrogen (secondary N) is 2. The number of piperidine rings is 1. The van der Waals surface area contributed by atoms with E-state index in [9.17, 15) is 9.90 Å². The summed E-state index contributed by atoms with van der Waals surface area (Å²) in [5.41, 5.74) is -1.57. The molecule has 0 bridgehead atoms. The van der Waals surface area contributed by atoms with Crippen molar-refractivity contribution in [2.24, 2.45) is 5.92 Å². The Bertz CT molecular complexity index is 282. The topological polar surface area (TPSA) is 61.4 Å². The van der Waals surface area contributed by atoms with E-state index in [0.29, 0.717) is 5.92 Å². The third-order valence-electron chi connectivity index (χ3n) is 3.95. The van der Waals surface area contributed by atoms with E-state index in [4.69, 9.17) is 0 Å². The highest BCUT2D eigenvalue weighted by Crippen LogP contribution is 2.22. The number of carbonyl (C=O) groups is 1. The van der Waals surface area contributed by atoms with Gasteiger partial charge in [0, 0.05) is 0 Å². The summed E-state index contributed by atoms with van der Waals surface area (Å²) in [6, 6.07) is -0.125. The first-order chi connectivity index (χ1) is 7.63. The van der Waals surface area contributed by atoms with Crippen molar-refractivity contribution in [3.05, 3.63) is 0 Å². The predicted octanol–water partition coefficient (Wildman–Crippen LogP) is 1.04. The zero-order valence-electron chi connectivity index (χ0n) is 11.6. The van der Waals surface area contributed by atoms with Gasteiger partial charge >= 0.3 is 0 Å². The minimum Gasteiger partial charge on any atom is -0.388 e. The Balaban J connectivity index is 2.60. The van der Waals surface area contributed by atoms with Crippen molar-refractivity contribution in [1.82, 2.24) is 10.6 Å².